The third-order valence-electron chi connectivity index (χ3n) is 4.61. The number of benzene rings is 2. The first kappa shape index (κ1) is 22.7. The lowest BCUT2D eigenvalue weighted by Crippen LogP contribution is -2.36. The van der Waals surface area contributed by atoms with E-state index in [1.807, 2.05) is 4.90 Å². The Kier molecular flexibility index (Phi) is 7.21. The third-order valence-corrected chi connectivity index (χ3v) is 4.61. The van der Waals surface area contributed by atoms with E-state index < -0.39 is 34.7 Å². The fraction of sp³-hybridized carbons (Fsp3) is 0.381. The predicted molar refractivity (Wildman–Crippen MR) is 106 cm³/mol. The van der Waals surface area contributed by atoms with Gasteiger partial charge in [-0.25, -0.2) is 17.6 Å². The summed E-state index contributed by atoms with van der Waals surface area (Å²) >= 11 is 0. The van der Waals surface area contributed by atoms with Crippen molar-refractivity contribution in [3.05, 3.63) is 47.0 Å². The molecule has 1 aliphatic heterocycles. The topological polar surface area (TPSA) is 60.0 Å². The molecule has 0 aliphatic carbocycles. The molecule has 10 heteroatoms. The summed E-state index contributed by atoms with van der Waals surface area (Å²) in [6, 6.07) is 3.46. The molecule has 0 aromatic heterocycles. The van der Waals surface area contributed by atoms with Crippen molar-refractivity contribution >= 4 is 17.3 Å². The van der Waals surface area contributed by atoms with E-state index in [1.165, 1.54) is 6.07 Å². The van der Waals surface area contributed by atoms with Gasteiger partial charge in [-0.05, 0) is 19.9 Å². The number of anilines is 2. The Hall–Kier alpha value is -3.01. The minimum Gasteiger partial charge on any atom is -0.492 e. The van der Waals surface area contributed by atoms with Crippen LogP contribution in [0.4, 0.5) is 28.9 Å². The molecule has 0 spiro atoms. The average Bonchev–Trinajstić information content (AvgIpc) is 2.77. The molecular formula is C21H22F4N2O4. The molecule has 0 radical (unpaired) electrons. The monoisotopic (exact) mass is 442 g/mol. The SMILES string of the molecule is CCOc1cc(N2CCOCC2)c(OCC)cc1NC(=O)c1cc(F)c(F)c(F)c1F. The van der Waals surface area contributed by atoms with Gasteiger partial charge in [0, 0.05) is 25.2 Å². The largest absolute Gasteiger partial charge is 0.492 e. The second kappa shape index (κ2) is 9.86. The van der Waals surface area contributed by atoms with Gasteiger partial charge in [-0.1, -0.05) is 0 Å². The summed E-state index contributed by atoms with van der Waals surface area (Å²) in [7, 11) is 0. The molecular weight excluding hydrogens is 420 g/mol. The third kappa shape index (κ3) is 4.84. The van der Waals surface area contributed by atoms with Crippen LogP contribution in [0.15, 0.2) is 18.2 Å². The molecule has 31 heavy (non-hydrogen) atoms. The van der Waals surface area contributed by atoms with Gasteiger partial charge in [-0.15, -0.1) is 0 Å². The van der Waals surface area contributed by atoms with Crippen LogP contribution in [0.25, 0.3) is 0 Å². The Morgan fingerprint density at radius 2 is 1.61 bits per heavy atom. The van der Waals surface area contributed by atoms with Gasteiger partial charge in [-0.2, -0.15) is 0 Å². The number of morpholine rings is 1. The summed E-state index contributed by atoms with van der Waals surface area (Å²) in [5, 5.41) is 2.37. The van der Waals surface area contributed by atoms with Gasteiger partial charge in [0.1, 0.15) is 11.5 Å². The molecule has 1 N–H and O–H groups in total. The van der Waals surface area contributed by atoms with Crippen molar-refractivity contribution < 1.29 is 36.6 Å². The van der Waals surface area contributed by atoms with Crippen LogP contribution in [-0.4, -0.2) is 45.4 Å². The molecule has 0 atom stereocenters. The molecule has 1 heterocycles. The van der Waals surface area contributed by atoms with E-state index in [-0.39, 0.29) is 18.0 Å². The fourth-order valence-corrected chi connectivity index (χ4v) is 3.17. The van der Waals surface area contributed by atoms with Crippen molar-refractivity contribution in [3.8, 4) is 11.5 Å². The molecule has 1 saturated heterocycles. The Balaban J connectivity index is 1.99. The smallest absolute Gasteiger partial charge is 0.258 e. The first-order valence-electron chi connectivity index (χ1n) is 9.78. The van der Waals surface area contributed by atoms with E-state index in [4.69, 9.17) is 14.2 Å². The predicted octanol–water partition coefficient (Wildman–Crippen LogP) is 4.13. The van der Waals surface area contributed by atoms with Crippen molar-refractivity contribution in [3.63, 3.8) is 0 Å². The summed E-state index contributed by atoms with van der Waals surface area (Å²) in [5.74, 6) is -8.00. The second-order valence-electron chi connectivity index (χ2n) is 6.58. The maximum absolute atomic E-state index is 14.0. The minimum atomic E-state index is -2.06. The summed E-state index contributed by atoms with van der Waals surface area (Å²) in [5.41, 5.74) is -0.150. The molecule has 1 amide bonds. The lowest BCUT2D eigenvalue weighted by atomic mass is 10.1. The van der Waals surface area contributed by atoms with Crippen LogP contribution in [-0.2, 0) is 4.74 Å². The molecule has 1 fully saturated rings. The standard InChI is InChI=1S/C21H22F4N2O4/c1-3-30-16-11-15(27-5-7-29-8-6-27)17(31-4-2)10-14(16)26-21(28)12-9-13(22)19(24)20(25)18(12)23/h9-11H,3-8H2,1-2H3,(H,26,28). The molecule has 0 saturated carbocycles. The highest BCUT2D eigenvalue weighted by atomic mass is 19.2. The molecule has 1 aliphatic rings. The van der Waals surface area contributed by atoms with Crippen LogP contribution in [0.3, 0.4) is 0 Å². The lowest BCUT2D eigenvalue weighted by Gasteiger charge is -2.31. The van der Waals surface area contributed by atoms with Crippen LogP contribution < -0.4 is 19.7 Å². The van der Waals surface area contributed by atoms with Crippen molar-refractivity contribution in [2.75, 3.05) is 49.7 Å². The molecule has 6 nitrogen and oxygen atoms in total. The Morgan fingerprint density at radius 3 is 2.26 bits per heavy atom. The van der Waals surface area contributed by atoms with E-state index in [1.54, 1.807) is 19.9 Å². The maximum Gasteiger partial charge on any atom is 0.258 e. The summed E-state index contributed by atoms with van der Waals surface area (Å²) < 4.78 is 71.0. The van der Waals surface area contributed by atoms with Crippen LogP contribution in [0.1, 0.15) is 24.2 Å². The summed E-state index contributed by atoms with van der Waals surface area (Å²) in [6.07, 6.45) is 0. The first-order chi connectivity index (χ1) is 14.9. The molecule has 2 aromatic carbocycles. The second-order valence-corrected chi connectivity index (χ2v) is 6.58. The van der Waals surface area contributed by atoms with Gasteiger partial charge in [0.15, 0.2) is 23.3 Å². The first-order valence-corrected chi connectivity index (χ1v) is 9.78. The van der Waals surface area contributed by atoms with E-state index >= 15 is 0 Å². The minimum absolute atomic E-state index is 0.108. The number of halogens is 4. The zero-order valence-corrected chi connectivity index (χ0v) is 17.1. The number of carbonyl (C=O) groups excluding carboxylic acids is 1. The number of nitrogens with zero attached hydrogens (tertiary/aromatic N) is 1. The average molecular weight is 442 g/mol. The number of hydrogen-bond donors (Lipinski definition) is 1. The molecule has 3 rings (SSSR count). The normalized spacial score (nSPS) is 13.8. The Bertz CT molecular complexity index is 965. The molecule has 0 bridgehead atoms. The van der Waals surface area contributed by atoms with Gasteiger partial charge in [0.05, 0.1) is 43.4 Å². The van der Waals surface area contributed by atoms with Crippen LogP contribution in [0, 0.1) is 23.3 Å². The number of carbonyl (C=O) groups is 1. The zero-order valence-electron chi connectivity index (χ0n) is 17.1. The van der Waals surface area contributed by atoms with Gasteiger partial charge in [0.25, 0.3) is 5.91 Å². The lowest BCUT2D eigenvalue weighted by molar-refractivity contribution is 0.102. The molecule has 2 aromatic rings. The van der Waals surface area contributed by atoms with E-state index in [0.29, 0.717) is 44.7 Å². The van der Waals surface area contributed by atoms with Crippen molar-refractivity contribution in [1.82, 2.24) is 0 Å². The van der Waals surface area contributed by atoms with E-state index in [0.717, 1.165) is 5.69 Å². The highest BCUT2D eigenvalue weighted by molar-refractivity contribution is 6.05. The fourth-order valence-electron chi connectivity index (χ4n) is 3.17. The number of hydrogen-bond acceptors (Lipinski definition) is 5. The van der Waals surface area contributed by atoms with Crippen molar-refractivity contribution in [2.45, 2.75) is 13.8 Å². The quantitative estimate of drug-likeness (QED) is 0.397. The van der Waals surface area contributed by atoms with E-state index in [9.17, 15) is 22.4 Å². The van der Waals surface area contributed by atoms with E-state index in [2.05, 4.69) is 5.32 Å². The Labute approximate surface area is 176 Å². The highest BCUT2D eigenvalue weighted by Crippen LogP contribution is 2.39. The number of rotatable bonds is 7. The number of ether oxygens (including phenoxy) is 3. The maximum atomic E-state index is 14.0. The van der Waals surface area contributed by atoms with Crippen LogP contribution in [0.2, 0.25) is 0 Å². The van der Waals surface area contributed by atoms with Gasteiger partial charge < -0.3 is 24.4 Å². The van der Waals surface area contributed by atoms with Crippen LogP contribution >= 0.6 is 0 Å². The number of amides is 1. The summed E-state index contributed by atoms with van der Waals surface area (Å²) in [6.45, 7) is 6.44. The van der Waals surface area contributed by atoms with Gasteiger partial charge in [0.2, 0.25) is 0 Å². The molecule has 0 unspecified atom stereocenters. The van der Waals surface area contributed by atoms with Gasteiger partial charge in [-0.3, -0.25) is 4.79 Å². The molecule has 168 valence electrons. The Morgan fingerprint density at radius 1 is 0.968 bits per heavy atom. The van der Waals surface area contributed by atoms with Crippen LogP contribution in [0.5, 0.6) is 11.5 Å². The summed E-state index contributed by atoms with van der Waals surface area (Å²) in [4.78, 5) is 14.6. The van der Waals surface area contributed by atoms with Gasteiger partial charge >= 0.3 is 0 Å². The highest BCUT2D eigenvalue weighted by Gasteiger charge is 2.25. The van der Waals surface area contributed by atoms with Crippen molar-refractivity contribution in [2.24, 2.45) is 0 Å². The van der Waals surface area contributed by atoms with Crippen molar-refractivity contribution in [1.29, 1.82) is 0 Å². The number of nitrogens with one attached hydrogen (secondary N) is 1. The zero-order chi connectivity index (χ0) is 22.5.